The zero-order valence-corrected chi connectivity index (χ0v) is 12.2. The largest absolute Gasteiger partial charge is 0.465 e. The number of rotatable bonds is 5. The summed E-state index contributed by atoms with van der Waals surface area (Å²) in [5.74, 6) is 1.71. The third kappa shape index (κ3) is 3.45. The van der Waals surface area contributed by atoms with Crippen LogP contribution in [-0.2, 0) is 0 Å². The maximum atomic E-state index is 11.9. The molecule has 0 aliphatic rings. The zero-order chi connectivity index (χ0) is 13.8. The molecule has 0 radical (unpaired) electrons. The van der Waals surface area contributed by atoms with Gasteiger partial charge >= 0.3 is 0 Å². The average Bonchev–Trinajstić information content (AvgIpc) is 3.00. The van der Waals surface area contributed by atoms with Crippen molar-refractivity contribution in [3.8, 4) is 0 Å². The Labute approximate surface area is 117 Å². The highest BCUT2D eigenvalue weighted by Crippen LogP contribution is 2.20. The fourth-order valence-electron chi connectivity index (χ4n) is 1.85. The van der Waals surface area contributed by atoms with E-state index in [-0.39, 0.29) is 11.9 Å². The molecule has 0 saturated carbocycles. The summed E-state index contributed by atoms with van der Waals surface area (Å²) in [4.78, 5) is 14.7. The quantitative estimate of drug-likeness (QED) is 0.914. The van der Waals surface area contributed by atoms with Crippen molar-refractivity contribution in [1.82, 2.24) is 10.2 Å². The molecule has 0 aliphatic carbocycles. The Kier molecular flexibility index (Phi) is 4.39. The predicted molar refractivity (Wildman–Crippen MR) is 76.5 cm³/mol. The highest BCUT2D eigenvalue weighted by atomic mass is 32.1. The summed E-state index contributed by atoms with van der Waals surface area (Å²) in [6, 6.07) is 7.63. The summed E-state index contributed by atoms with van der Waals surface area (Å²) >= 11 is 1.44. The van der Waals surface area contributed by atoms with E-state index in [1.165, 1.54) is 11.3 Å². The summed E-state index contributed by atoms with van der Waals surface area (Å²) in [6.45, 7) is 2.44. The molecule has 0 bridgehead atoms. The molecular formula is C14H18N2O2S. The molecule has 1 N–H and O–H groups in total. The lowest BCUT2D eigenvalue weighted by Gasteiger charge is -2.22. The molecule has 0 aromatic carbocycles. The van der Waals surface area contributed by atoms with Gasteiger partial charge in [0, 0.05) is 6.54 Å². The maximum Gasteiger partial charge on any atom is 0.261 e. The summed E-state index contributed by atoms with van der Waals surface area (Å²) in [7, 11) is 3.94. The van der Waals surface area contributed by atoms with Gasteiger partial charge in [0.25, 0.3) is 5.91 Å². The number of aryl methyl sites for hydroxylation is 1. The standard InChI is InChI=1S/C14H18N2O2S/c1-10-6-7-12(18-10)11(16(2)3)9-15-14(17)13-5-4-8-19-13/h4-8,11H,9H2,1-3H3,(H,15,17). The van der Waals surface area contributed by atoms with Crippen LogP contribution < -0.4 is 5.32 Å². The van der Waals surface area contributed by atoms with E-state index in [9.17, 15) is 4.79 Å². The van der Waals surface area contributed by atoms with Gasteiger partial charge in [-0.2, -0.15) is 0 Å². The third-order valence-corrected chi connectivity index (χ3v) is 3.78. The van der Waals surface area contributed by atoms with E-state index in [1.807, 2.05) is 55.6 Å². The molecule has 2 aromatic rings. The Balaban J connectivity index is 2.00. The topological polar surface area (TPSA) is 45.5 Å². The van der Waals surface area contributed by atoms with Crippen LogP contribution in [0.25, 0.3) is 0 Å². The van der Waals surface area contributed by atoms with Crippen LogP contribution in [0, 0.1) is 6.92 Å². The van der Waals surface area contributed by atoms with Crippen LogP contribution in [0.5, 0.6) is 0 Å². The molecule has 5 heteroatoms. The van der Waals surface area contributed by atoms with Crippen molar-refractivity contribution in [1.29, 1.82) is 0 Å². The number of carbonyl (C=O) groups excluding carboxylic acids is 1. The van der Waals surface area contributed by atoms with Gasteiger partial charge in [-0.1, -0.05) is 6.07 Å². The second kappa shape index (κ2) is 6.04. The second-order valence-corrected chi connectivity index (χ2v) is 5.56. The van der Waals surface area contributed by atoms with Gasteiger partial charge < -0.3 is 9.73 Å². The van der Waals surface area contributed by atoms with Crippen molar-refractivity contribution in [3.63, 3.8) is 0 Å². The molecule has 2 heterocycles. The Bertz CT molecular complexity index is 531. The molecular weight excluding hydrogens is 260 g/mol. The van der Waals surface area contributed by atoms with E-state index in [1.54, 1.807) is 0 Å². The molecule has 1 unspecified atom stereocenters. The normalized spacial score (nSPS) is 12.6. The Hall–Kier alpha value is -1.59. The number of hydrogen-bond donors (Lipinski definition) is 1. The average molecular weight is 278 g/mol. The lowest BCUT2D eigenvalue weighted by molar-refractivity contribution is 0.0943. The van der Waals surface area contributed by atoms with E-state index in [0.717, 1.165) is 16.4 Å². The fraction of sp³-hybridized carbons (Fsp3) is 0.357. The molecule has 0 fully saturated rings. The minimum atomic E-state index is -0.0369. The van der Waals surface area contributed by atoms with Crippen LogP contribution in [0.15, 0.2) is 34.1 Å². The van der Waals surface area contributed by atoms with Crippen molar-refractivity contribution in [3.05, 3.63) is 46.0 Å². The molecule has 102 valence electrons. The van der Waals surface area contributed by atoms with E-state index < -0.39 is 0 Å². The van der Waals surface area contributed by atoms with Gasteiger partial charge in [-0.3, -0.25) is 9.69 Å². The minimum absolute atomic E-state index is 0.0369. The number of furan rings is 1. The van der Waals surface area contributed by atoms with Crippen LogP contribution in [0.4, 0.5) is 0 Å². The third-order valence-electron chi connectivity index (χ3n) is 2.91. The molecule has 1 amide bonds. The first-order valence-corrected chi connectivity index (χ1v) is 7.00. The Morgan fingerprint density at radius 1 is 1.42 bits per heavy atom. The van der Waals surface area contributed by atoms with Gasteiger partial charge in [0.2, 0.25) is 0 Å². The predicted octanol–water partition coefficient (Wildman–Crippen LogP) is 2.68. The van der Waals surface area contributed by atoms with Gasteiger partial charge in [-0.15, -0.1) is 11.3 Å². The first kappa shape index (κ1) is 13.8. The van der Waals surface area contributed by atoms with Crippen molar-refractivity contribution < 1.29 is 9.21 Å². The van der Waals surface area contributed by atoms with Crippen molar-refractivity contribution in [2.75, 3.05) is 20.6 Å². The summed E-state index contributed by atoms with van der Waals surface area (Å²) in [5.41, 5.74) is 0. The van der Waals surface area contributed by atoms with Gasteiger partial charge in [0.15, 0.2) is 0 Å². The number of carbonyl (C=O) groups is 1. The molecule has 1 atom stereocenters. The van der Waals surface area contributed by atoms with Crippen LogP contribution >= 0.6 is 11.3 Å². The molecule has 0 aliphatic heterocycles. The molecule has 2 aromatic heterocycles. The molecule has 0 spiro atoms. The van der Waals surface area contributed by atoms with E-state index in [0.29, 0.717) is 6.54 Å². The SMILES string of the molecule is Cc1ccc(C(CNC(=O)c2cccs2)N(C)C)o1. The molecule has 4 nitrogen and oxygen atoms in total. The number of likely N-dealkylation sites (N-methyl/N-ethyl adjacent to an activating group) is 1. The van der Waals surface area contributed by atoms with Crippen molar-refractivity contribution in [2.45, 2.75) is 13.0 Å². The number of hydrogen-bond acceptors (Lipinski definition) is 4. The van der Waals surface area contributed by atoms with Crippen LogP contribution in [0.1, 0.15) is 27.2 Å². The molecule has 19 heavy (non-hydrogen) atoms. The Morgan fingerprint density at radius 3 is 2.74 bits per heavy atom. The monoisotopic (exact) mass is 278 g/mol. The highest BCUT2D eigenvalue weighted by molar-refractivity contribution is 7.12. The number of nitrogens with one attached hydrogen (secondary N) is 1. The minimum Gasteiger partial charge on any atom is -0.465 e. The van der Waals surface area contributed by atoms with Gasteiger partial charge in [0.05, 0.1) is 10.9 Å². The number of nitrogens with zero attached hydrogens (tertiary/aromatic N) is 1. The fourth-order valence-corrected chi connectivity index (χ4v) is 2.49. The lowest BCUT2D eigenvalue weighted by atomic mass is 10.2. The van der Waals surface area contributed by atoms with Gasteiger partial charge in [-0.05, 0) is 44.6 Å². The van der Waals surface area contributed by atoms with Crippen LogP contribution in [0.3, 0.4) is 0 Å². The molecule has 2 rings (SSSR count). The lowest BCUT2D eigenvalue weighted by Crippen LogP contribution is -2.34. The first-order valence-electron chi connectivity index (χ1n) is 6.12. The van der Waals surface area contributed by atoms with Crippen molar-refractivity contribution >= 4 is 17.2 Å². The molecule has 0 saturated heterocycles. The summed E-state index contributed by atoms with van der Waals surface area (Å²) in [6.07, 6.45) is 0. The highest BCUT2D eigenvalue weighted by Gasteiger charge is 2.19. The van der Waals surface area contributed by atoms with Gasteiger partial charge in [0.1, 0.15) is 11.5 Å². The Morgan fingerprint density at radius 2 is 2.21 bits per heavy atom. The number of amides is 1. The van der Waals surface area contributed by atoms with Crippen molar-refractivity contribution in [2.24, 2.45) is 0 Å². The maximum absolute atomic E-state index is 11.9. The zero-order valence-electron chi connectivity index (χ0n) is 11.3. The second-order valence-electron chi connectivity index (χ2n) is 4.62. The van der Waals surface area contributed by atoms with E-state index >= 15 is 0 Å². The smallest absolute Gasteiger partial charge is 0.261 e. The van der Waals surface area contributed by atoms with Gasteiger partial charge in [-0.25, -0.2) is 0 Å². The van der Waals surface area contributed by atoms with E-state index in [2.05, 4.69) is 5.32 Å². The summed E-state index contributed by atoms with van der Waals surface area (Å²) in [5, 5.41) is 4.84. The van der Waals surface area contributed by atoms with Crippen LogP contribution in [-0.4, -0.2) is 31.4 Å². The number of thiophene rings is 1. The van der Waals surface area contributed by atoms with E-state index in [4.69, 9.17) is 4.42 Å². The first-order chi connectivity index (χ1) is 9.08. The summed E-state index contributed by atoms with van der Waals surface area (Å²) < 4.78 is 5.64. The van der Waals surface area contributed by atoms with Crippen LogP contribution in [0.2, 0.25) is 0 Å².